The summed E-state index contributed by atoms with van der Waals surface area (Å²) in [4.78, 5) is 14.1. The van der Waals surface area contributed by atoms with E-state index in [2.05, 4.69) is 31.2 Å². The van der Waals surface area contributed by atoms with E-state index in [1.54, 1.807) is 11.1 Å². The molecule has 0 N–H and O–H groups in total. The molecule has 7 rings (SSSR count). The maximum atomic E-state index is 12.7. The lowest BCUT2D eigenvalue weighted by molar-refractivity contribution is -0.128. The van der Waals surface area contributed by atoms with Crippen molar-refractivity contribution in [2.45, 2.75) is 87.1 Å². The van der Waals surface area contributed by atoms with Gasteiger partial charge in [0.1, 0.15) is 5.78 Å². The fraction of sp³-hybridized carbons (Fsp3) is 0.621. The Morgan fingerprint density at radius 3 is 2.42 bits per heavy atom. The molecule has 174 valence electrons. The molecule has 3 atom stereocenters. The van der Waals surface area contributed by atoms with Gasteiger partial charge < -0.3 is 9.47 Å². The molecule has 1 saturated heterocycles. The zero-order valence-corrected chi connectivity index (χ0v) is 20.5. The number of ether oxygens (including phenoxy) is 2. The Morgan fingerprint density at radius 2 is 1.67 bits per heavy atom. The molecule has 0 aromatic heterocycles. The summed E-state index contributed by atoms with van der Waals surface area (Å²) in [5.41, 5.74) is 7.31. The number of ketones is 1. The summed E-state index contributed by atoms with van der Waals surface area (Å²) in [6.07, 6.45) is 11.0. The van der Waals surface area contributed by atoms with Crippen molar-refractivity contribution in [1.29, 1.82) is 0 Å². The molecule has 1 heterocycles. The number of allylic oxidation sites excluding steroid dienone is 3. The van der Waals surface area contributed by atoms with Crippen LogP contribution in [0.4, 0.5) is 0 Å². The number of carbonyl (C=O) groups excluding carboxylic acids is 1. The molecule has 6 aliphatic rings. The van der Waals surface area contributed by atoms with Gasteiger partial charge in [-0.15, -0.1) is 11.8 Å². The van der Waals surface area contributed by atoms with Crippen LogP contribution in [0.15, 0.2) is 45.9 Å². The minimum Gasteiger partial charge on any atom is -0.343 e. The lowest BCUT2D eigenvalue weighted by Gasteiger charge is -2.48. The minimum atomic E-state index is -0.566. The molecule has 4 fully saturated rings. The Kier molecular flexibility index (Phi) is 4.81. The van der Waals surface area contributed by atoms with Gasteiger partial charge >= 0.3 is 0 Å². The fourth-order valence-corrected chi connectivity index (χ4v) is 8.78. The first kappa shape index (κ1) is 21.0. The highest BCUT2D eigenvalue weighted by Crippen LogP contribution is 2.61. The number of benzene rings is 1. The van der Waals surface area contributed by atoms with Gasteiger partial charge in [0.15, 0.2) is 5.79 Å². The zero-order valence-electron chi connectivity index (χ0n) is 19.7. The largest absolute Gasteiger partial charge is 0.343 e. The van der Waals surface area contributed by atoms with Gasteiger partial charge in [-0.25, -0.2) is 0 Å². The van der Waals surface area contributed by atoms with Crippen LogP contribution in [-0.2, 0) is 14.3 Å². The van der Waals surface area contributed by atoms with Crippen molar-refractivity contribution in [2.75, 3.05) is 13.2 Å². The molecule has 1 aromatic carbocycles. The molecule has 0 bridgehead atoms. The van der Waals surface area contributed by atoms with Crippen LogP contribution in [0.5, 0.6) is 0 Å². The first-order valence-electron chi connectivity index (χ1n) is 13.1. The van der Waals surface area contributed by atoms with E-state index in [9.17, 15) is 4.79 Å². The molecule has 0 amide bonds. The highest BCUT2D eigenvalue weighted by Gasteiger charge is 2.55. The SMILES string of the molecule is C[C@]12CCC3=C4CCC5(OCCO5)C(c5ccc(SC6CC6)cc5)=C4CC[C@H]3[C@@H]1CCC2=O. The Labute approximate surface area is 201 Å². The topological polar surface area (TPSA) is 35.5 Å². The van der Waals surface area contributed by atoms with E-state index in [0.29, 0.717) is 30.8 Å². The van der Waals surface area contributed by atoms with E-state index < -0.39 is 5.79 Å². The van der Waals surface area contributed by atoms with Crippen LogP contribution in [0.25, 0.3) is 5.57 Å². The number of thioether (sulfide) groups is 1. The number of Topliss-reactive ketones (excluding diaryl/α,β-unsaturated/α-hetero) is 1. The van der Waals surface area contributed by atoms with Gasteiger partial charge in [-0.2, -0.15) is 0 Å². The van der Waals surface area contributed by atoms with Crippen LogP contribution in [-0.4, -0.2) is 30.0 Å². The van der Waals surface area contributed by atoms with E-state index in [-0.39, 0.29) is 5.41 Å². The number of fused-ring (bicyclic) bond motifs is 4. The molecule has 4 heteroatoms. The Morgan fingerprint density at radius 1 is 0.879 bits per heavy atom. The Hall–Kier alpha value is -1.36. The van der Waals surface area contributed by atoms with Crippen molar-refractivity contribution < 1.29 is 14.3 Å². The second-order valence-corrected chi connectivity index (χ2v) is 12.7. The van der Waals surface area contributed by atoms with Gasteiger partial charge in [-0.3, -0.25) is 4.79 Å². The lowest BCUT2D eigenvalue weighted by atomic mass is 9.57. The van der Waals surface area contributed by atoms with E-state index in [1.165, 1.54) is 40.9 Å². The molecule has 0 radical (unpaired) electrons. The zero-order chi connectivity index (χ0) is 22.2. The van der Waals surface area contributed by atoms with Crippen LogP contribution < -0.4 is 0 Å². The average molecular weight is 463 g/mol. The first-order chi connectivity index (χ1) is 16.1. The third-order valence-electron chi connectivity index (χ3n) is 9.55. The van der Waals surface area contributed by atoms with E-state index >= 15 is 0 Å². The highest BCUT2D eigenvalue weighted by atomic mass is 32.2. The van der Waals surface area contributed by atoms with Crippen molar-refractivity contribution in [3.05, 3.63) is 46.5 Å². The summed E-state index contributed by atoms with van der Waals surface area (Å²) in [5, 5.41) is 0.825. The van der Waals surface area contributed by atoms with E-state index in [0.717, 1.165) is 50.2 Å². The monoisotopic (exact) mass is 462 g/mol. The summed E-state index contributed by atoms with van der Waals surface area (Å²) >= 11 is 2.02. The van der Waals surface area contributed by atoms with Crippen molar-refractivity contribution in [2.24, 2.45) is 17.3 Å². The predicted octanol–water partition coefficient (Wildman–Crippen LogP) is 6.72. The fourth-order valence-electron chi connectivity index (χ4n) is 7.73. The normalized spacial score (nSPS) is 35.1. The van der Waals surface area contributed by atoms with Crippen molar-refractivity contribution >= 4 is 23.1 Å². The number of carbonyl (C=O) groups is 1. The second-order valence-electron chi connectivity index (χ2n) is 11.3. The quantitative estimate of drug-likeness (QED) is 0.500. The molecule has 1 spiro atoms. The number of hydrogen-bond donors (Lipinski definition) is 0. The second kappa shape index (κ2) is 7.57. The summed E-state index contributed by atoms with van der Waals surface area (Å²) in [6, 6.07) is 9.23. The predicted molar refractivity (Wildman–Crippen MR) is 131 cm³/mol. The number of rotatable bonds is 3. The smallest absolute Gasteiger partial charge is 0.196 e. The van der Waals surface area contributed by atoms with Crippen LogP contribution in [0.3, 0.4) is 0 Å². The van der Waals surface area contributed by atoms with E-state index in [1.807, 2.05) is 11.8 Å². The van der Waals surface area contributed by atoms with Crippen LogP contribution >= 0.6 is 11.8 Å². The van der Waals surface area contributed by atoms with Crippen molar-refractivity contribution in [3.8, 4) is 0 Å². The van der Waals surface area contributed by atoms with Gasteiger partial charge in [-0.05, 0) is 92.0 Å². The van der Waals surface area contributed by atoms with Crippen molar-refractivity contribution in [1.82, 2.24) is 0 Å². The minimum absolute atomic E-state index is 0.0681. The highest BCUT2D eigenvalue weighted by molar-refractivity contribution is 8.00. The molecular weight excluding hydrogens is 428 g/mol. The summed E-state index contributed by atoms with van der Waals surface area (Å²) < 4.78 is 12.8. The summed E-state index contributed by atoms with van der Waals surface area (Å²) in [5.74, 6) is 1.12. The molecule has 1 aliphatic heterocycles. The van der Waals surface area contributed by atoms with Crippen LogP contribution in [0.2, 0.25) is 0 Å². The summed E-state index contributed by atoms with van der Waals surface area (Å²) in [7, 11) is 0. The summed E-state index contributed by atoms with van der Waals surface area (Å²) in [6.45, 7) is 3.63. The third kappa shape index (κ3) is 3.20. The molecule has 3 saturated carbocycles. The standard InChI is InChI=1S/C29H34O3S/c1-28-14-12-21-22-13-15-29(31-16-17-32-29)27(18-2-4-19(5-3-18)33-20-6-7-20)24(22)9-8-23(21)25(28)10-11-26(28)30/h2-5,20,23,25H,6-17H2,1H3/t23-,25+,28+/m1/s1. The van der Waals surface area contributed by atoms with Gasteiger partial charge in [-0.1, -0.05) is 24.6 Å². The molecule has 3 nitrogen and oxygen atoms in total. The Bertz CT molecular complexity index is 1060. The van der Waals surface area contributed by atoms with Gasteiger partial charge in [0.2, 0.25) is 0 Å². The molecule has 1 aromatic rings. The molecular formula is C29H34O3S. The van der Waals surface area contributed by atoms with Crippen LogP contribution in [0, 0.1) is 17.3 Å². The molecule has 0 unspecified atom stereocenters. The van der Waals surface area contributed by atoms with Gasteiger partial charge in [0, 0.05) is 34.0 Å². The third-order valence-corrected chi connectivity index (χ3v) is 10.9. The van der Waals surface area contributed by atoms with Gasteiger partial charge in [0.25, 0.3) is 0 Å². The number of hydrogen-bond acceptors (Lipinski definition) is 4. The van der Waals surface area contributed by atoms with Crippen molar-refractivity contribution in [3.63, 3.8) is 0 Å². The Balaban J connectivity index is 1.32. The lowest BCUT2D eigenvalue weighted by Crippen LogP contribution is -2.42. The van der Waals surface area contributed by atoms with Gasteiger partial charge in [0.05, 0.1) is 13.2 Å². The maximum Gasteiger partial charge on any atom is 0.196 e. The molecule has 5 aliphatic carbocycles. The maximum absolute atomic E-state index is 12.7. The molecule has 33 heavy (non-hydrogen) atoms. The first-order valence-corrected chi connectivity index (χ1v) is 14.0. The average Bonchev–Trinajstić information content (AvgIpc) is 3.44. The van der Waals surface area contributed by atoms with E-state index in [4.69, 9.17) is 9.47 Å². The van der Waals surface area contributed by atoms with Crippen LogP contribution in [0.1, 0.15) is 76.7 Å².